The lowest BCUT2D eigenvalue weighted by Crippen LogP contribution is -1.90. The molecule has 3 aromatic rings. The van der Waals surface area contributed by atoms with Crippen LogP contribution in [0.25, 0.3) is 22.2 Å². The van der Waals surface area contributed by atoms with Crippen LogP contribution in [0.1, 0.15) is 22.8 Å². The van der Waals surface area contributed by atoms with Crippen molar-refractivity contribution in [2.75, 3.05) is 0 Å². The first-order valence-corrected chi connectivity index (χ1v) is 6.70. The second-order valence-electron chi connectivity index (χ2n) is 4.85. The highest BCUT2D eigenvalue weighted by Crippen LogP contribution is 2.32. The largest absolute Gasteiger partial charge is 0.354 e. The molecule has 4 heteroatoms. The van der Waals surface area contributed by atoms with Crippen LogP contribution < -0.4 is 0 Å². The zero-order valence-electron chi connectivity index (χ0n) is 11.4. The Balaban J connectivity index is 2.34. The molecule has 0 aliphatic carbocycles. The first kappa shape index (κ1) is 13.5. The van der Waals surface area contributed by atoms with E-state index in [0.717, 1.165) is 29.0 Å². The Hall–Kier alpha value is -2.49. The van der Waals surface area contributed by atoms with Crippen LogP contribution in [-0.2, 0) is 6.42 Å². The molecule has 1 heterocycles. The molecule has 0 bridgehead atoms. The number of para-hydroxylation sites is 1. The Bertz CT molecular complexity index is 836. The third-order valence-electron chi connectivity index (χ3n) is 3.66. The van der Waals surface area contributed by atoms with Crippen molar-refractivity contribution in [3.05, 3.63) is 59.2 Å². The fourth-order valence-electron chi connectivity index (χ4n) is 2.62. The maximum atomic E-state index is 14.0. The minimum absolute atomic E-state index is 0.191. The molecule has 2 aromatic carbocycles. The molecule has 0 saturated carbocycles. The first-order valence-electron chi connectivity index (χ1n) is 6.70. The molecule has 0 radical (unpaired) electrons. The number of hydrogen-bond acceptors (Lipinski definition) is 1. The third-order valence-corrected chi connectivity index (χ3v) is 3.66. The van der Waals surface area contributed by atoms with E-state index in [2.05, 4.69) is 4.98 Å². The van der Waals surface area contributed by atoms with Crippen LogP contribution in [-0.4, -0.2) is 11.3 Å². The van der Waals surface area contributed by atoms with Gasteiger partial charge in [-0.15, -0.1) is 0 Å². The lowest BCUT2D eigenvalue weighted by Gasteiger charge is -2.02. The topological polar surface area (TPSA) is 32.9 Å². The highest BCUT2D eigenvalue weighted by atomic mass is 19.1. The van der Waals surface area contributed by atoms with Gasteiger partial charge in [-0.3, -0.25) is 4.79 Å². The fraction of sp³-hybridized carbons (Fsp3) is 0.118. The summed E-state index contributed by atoms with van der Waals surface area (Å²) in [6, 6.07) is 8.98. The van der Waals surface area contributed by atoms with E-state index in [1.165, 1.54) is 12.1 Å². The van der Waals surface area contributed by atoms with E-state index < -0.39 is 11.6 Å². The molecule has 106 valence electrons. The molecule has 0 spiro atoms. The number of rotatable bonds is 3. The average molecular weight is 285 g/mol. The summed E-state index contributed by atoms with van der Waals surface area (Å²) in [7, 11) is 0. The highest BCUT2D eigenvalue weighted by molar-refractivity contribution is 6.05. The van der Waals surface area contributed by atoms with Gasteiger partial charge in [0.2, 0.25) is 0 Å². The molecule has 0 fully saturated rings. The molecule has 2 nitrogen and oxygen atoms in total. The Morgan fingerprint density at radius 2 is 2.00 bits per heavy atom. The summed E-state index contributed by atoms with van der Waals surface area (Å²) in [6.07, 6.45) is 1.50. The van der Waals surface area contributed by atoms with E-state index >= 15 is 0 Å². The molecule has 0 aliphatic heterocycles. The van der Waals surface area contributed by atoms with Crippen molar-refractivity contribution in [1.82, 2.24) is 4.98 Å². The van der Waals surface area contributed by atoms with Crippen LogP contribution in [0, 0.1) is 11.6 Å². The lowest BCUT2D eigenvalue weighted by atomic mass is 10.0. The predicted molar refractivity (Wildman–Crippen MR) is 78.4 cm³/mol. The quantitative estimate of drug-likeness (QED) is 0.707. The van der Waals surface area contributed by atoms with E-state index in [1.807, 2.05) is 25.1 Å². The number of halogens is 2. The second-order valence-corrected chi connectivity index (χ2v) is 4.85. The fourth-order valence-corrected chi connectivity index (χ4v) is 2.62. The molecule has 21 heavy (non-hydrogen) atoms. The Morgan fingerprint density at radius 1 is 1.19 bits per heavy atom. The SMILES string of the molecule is CCc1cccc2c(C=O)c(-c3ccc(F)cc3F)[nH]c12. The van der Waals surface area contributed by atoms with Crippen molar-refractivity contribution in [3.8, 4) is 11.3 Å². The first-order chi connectivity index (χ1) is 10.2. The molecule has 0 aliphatic rings. The van der Waals surface area contributed by atoms with Crippen molar-refractivity contribution in [3.63, 3.8) is 0 Å². The van der Waals surface area contributed by atoms with Crippen molar-refractivity contribution in [1.29, 1.82) is 0 Å². The minimum atomic E-state index is -0.692. The zero-order chi connectivity index (χ0) is 15.0. The minimum Gasteiger partial charge on any atom is -0.354 e. The molecule has 0 unspecified atom stereocenters. The number of aromatic nitrogens is 1. The van der Waals surface area contributed by atoms with Crippen molar-refractivity contribution in [2.45, 2.75) is 13.3 Å². The molecule has 0 atom stereocenters. The van der Waals surface area contributed by atoms with Crippen molar-refractivity contribution < 1.29 is 13.6 Å². The van der Waals surface area contributed by atoms with Crippen LogP contribution >= 0.6 is 0 Å². The van der Waals surface area contributed by atoms with Gasteiger partial charge in [0.25, 0.3) is 0 Å². The number of aldehydes is 1. The number of H-pyrrole nitrogens is 1. The smallest absolute Gasteiger partial charge is 0.152 e. The molecule has 0 saturated heterocycles. The van der Waals surface area contributed by atoms with Crippen LogP contribution in [0.2, 0.25) is 0 Å². The Labute approximate surface area is 120 Å². The summed E-state index contributed by atoms with van der Waals surface area (Å²) in [4.78, 5) is 14.6. The molecule has 1 N–H and O–H groups in total. The van der Waals surface area contributed by atoms with Crippen LogP contribution in [0.4, 0.5) is 8.78 Å². The molecular weight excluding hydrogens is 272 g/mol. The van der Waals surface area contributed by atoms with Crippen molar-refractivity contribution in [2.24, 2.45) is 0 Å². The van der Waals surface area contributed by atoms with Crippen LogP contribution in [0.3, 0.4) is 0 Å². The van der Waals surface area contributed by atoms with Gasteiger partial charge in [-0.2, -0.15) is 0 Å². The highest BCUT2D eigenvalue weighted by Gasteiger charge is 2.17. The molecule has 1 aromatic heterocycles. The maximum Gasteiger partial charge on any atom is 0.152 e. The molecular formula is C17H13F2NO. The number of carbonyl (C=O) groups excluding carboxylic acids is 1. The zero-order valence-corrected chi connectivity index (χ0v) is 11.4. The summed E-state index contributed by atoms with van der Waals surface area (Å²) in [5.74, 6) is -1.34. The van der Waals surface area contributed by atoms with Gasteiger partial charge in [-0.1, -0.05) is 25.1 Å². The Morgan fingerprint density at radius 3 is 2.67 bits per heavy atom. The van der Waals surface area contributed by atoms with E-state index in [9.17, 15) is 13.6 Å². The lowest BCUT2D eigenvalue weighted by molar-refractivity contribution is 0.112. The monoisotopic (exact) mass is 285 g/mol. The number of aromatic amines is 1. The number of nitrogens with one attached hydrogen (secondary N) is 1. The van der Waals surface area contributed by atoms with Gasteiger partial charge in [0.15, 0.2) is 6.29 Å². The van der Waals surface area contributed by atoms with Gasteiger partial charge in [0.1, 0.15) is 11.6 Å². The molecule has 0 amide bonds. The number of carbonyl (C=O) groups is 1. The summed E-state index contributed by atoms with van der Waals surface area (Å²) in [6.45, 7) is 2.01. The number of aryl methyl sites for hydroxylation is 1. The van der Waals surface area contributed by atoms with Crippen LogP contribution in [0.15, 0.2) is 36.4 Å². The van der Waals surface area contributed by atoms with Crippen LogP contribution in [0.5, 0.6) is 0 Å². The van der Waals surface area contributed by atoms with Gasteiger partial charge in [0, 0.05) is 28.1 Å². The third kappa shape index (κ3) is 2.13. The summed E-state index contributed by atoms with van der Waals surface area (Å²) < 4.78 is 27.0. The number of hydrogen-bond donors (Lipinski definition) is 1. The summed E-state index contributed by atoms with van der Waals surface area (Å²) in [5, 5.41) is 0.753. The van der Waals surface area contributed by atoms with E-state index in [4.69, 9.17) is 0 Å². The van der Waals surface area contributed by atoms with Crippen molar-refractivity contribution >= 4 is 17.2 Å². The normalized spacial score (nSPS) is 11.0. The summed E-state index contributed by atoms with van der Waals surface area (Å²) >= 11 is 0. The van der Waals surface area contributed by atoms with Gasteiger partial charge in [-0.25, -0.2) is 8.78 Å². The van der Waals surface area contributed by atoms with E-state index in [0.29, 0.717) is 17.5 Å². The molecule has 3 rings (SSSR count). The van der Waals surface area contributed by atoms with E-state index in [1.54, 1.807) is 0 Å². The van der Waals surface area contributed by atoms with Gasteiger partial charge in [-0.05, 0) is 24.1 Å². The van der Waals surface area contributed by atoms with Gasteiger partial charge >= 0.3 is 0 Å². The number of benzene rings is 2. The average Bonchev–Trinajstić information content (AvgIpc) is 2.85. The number of fused-ring (bicyclic) bond motifs is 1. The van der Waals surface area contributed by atoms with Gasteiger partial charge < -0.3 is 4.98 Å². The van der Waals surface area contributed by atoms with Gasteiger partial charge in [0.05, 0.1) is 5.69 Å². The summed E-state index contributed by atoms with van der Waals surface area (Å²) in [5.41, 5.74) is 2.84. The maximum absolute atomic E-state index is 14.0. The van der Waals surface area contributed by atoms with E-state index in [-0.39, 0.29) is 5.56 Å². The second kappa shape index (κ2) is 5.13. The predicted octanol–water partition coefficient (Wildman–Crippen LogP) is 4.49. The Kier molecular flexibility index (Phi) is 3.29. The standard InChI is InChI=1S/C17H13F2NO/c1-2-10-4-3-5-12-14(9-21)17(20-16(10)12)13-7-6-11(18)8-15(13)19/h3-9,20H,2H2,1H3.